The first kappa shape index (κ1) is 50.0. The molecule has 3 aromatic carbocycles. The molecule has 63 heavy (non-hydrogen) atoms. The van der Waals surface area contributed by atoms with E-state index in [0.29, 0.717) is 5.69 Å². The molecule has 0 saturated carbocycles. The van der Waals surface area contributed by atoms with Crippen molar-refractivity contribution in [3.8, 4) is 40.1 Å². The Morgan fingerprint density at radius 3 is 1.19 bits per heavy atom. The summed E-state index contributed by atoms with van der Waals surface area (Å²) in [6.07, 6.45) is 4.36. The molecule has 0 amide bonds. The summed E-state index contributed by atoms with van der Waals surface area (Å²) in [5.74, 6) is 0.789. The summed E-state index contributed by atoms with van der Waals surface area (Å²) >= 11 is 0. The number of aromatic amines is 1. The van der Waals surface area contributed by atoms with Crippen LogP contribution < -0.4 is 0 Å². The fourth-order valence-electron chi connectivity index (χ4n) is 6.70. The van der Waals surface area contributed by atoms with E-state index in [2.05, 4.69) is 182 Å². The van der Waals surface area contributed by atoms with Crippen LogP contribution in [0.2, 0.25) is 0 Å². The number of hydrogen-bond donors (Lipinski definition) is 1. The van der Waals surface area contributed by atoms with Crippen molar-refractivity contribution in [3.05, 3.63) is 148 Å². The SMILES string of the molecule is CC(C)(C)c1cc(-c2nc(-c3ccccn3)[nH]c2-c2cc(C(C)(C)C)cc(C(C)(C)C)c2)cc(C(C)(C)C)c1.CC(C)(C)c1cc(C=O)cc(C(C)(C)C)c1.N#Cc1ccccn1. The monoisotopic (exact) mass is 844 g/mol. The molecule has 6 heteroatoms. The molecule has 3 aromatic heterocycles. The Morgan fingerprint density at radius 1 is 0.492 bits per heavy atom. The highest BCUT2D eigenvalue weighted by molar-refractivity contribution is 5.82. The number of nitrogens with one attached hydrogen (secondary N) is 1. The van der Waals surface area contributed by atoms with Crippen molar-refractivity contribution in [1.29, 1.82) is 5.26 Å². The lowest BCUT2D eigenvalue weighted by Gasteiger charge is -2.27. The standard InChI is InChI=1S/C36H47N3.C15H22O.C6H4N2/c1-33(2,3)25-17-23(18-26(21-25)34(4,5)6)30-31(39-32(38-30)29-15-13-14-16-37-29)24-19-27(35(7,8)9)22-28(20-24)36(10,11)12;1-14(2,3)12-7-11(10-16)8-13(9-12)15(4,5)6;7-5-6-3-1-2-4-8-6/h13-22H,1-12H3,(H,38,39);7-10H,1-6H3;1-4H. The molecule has 6 aromatic rings. The fourth-order valence-corrected chi connectivity index (χ4v) is 6.70. The summed E-state index contributed by atoms with van der Waals surface area (Å²) in [7, 11) is 0. The lowest BCUT2D eigenvalue weighted by Crippen LogP contribution is -2.17. The van der Waals surface area contributed by atoms with Gasteiger partial charge in [-0.15, -0.1) is 0 Å². The highest BCUT2D eigenvalue weighted by Gasteiger charge is 2.27. The quantitative estimate of drug-likeness (QED) is 0.178. The van der Waals surface area contributed by atoms with Crippen molar-refractivity contribution >= 4 is 6.29 Å². The van der Waals surface area contributed by atoms with Crippen LogP contribution in [0.3, 0.4) is 0 Å². The van der Waals surface area contributed by atoms with Crippen LogP contribution in [0.4, 0.5) is 0 Å². The summed E-state index contributed by atoms with van der Waals surface area (Å²) in [5, 5.41) is 8.23. The molecule has 1 N–H and O–H groups in total. The fraction of sp³-hybridized carbons (Fsp3) is 0.421. The van der Waals surface area contributed by atoms with Crippen LogP contribution >= 0.6 is 0 Å². The van der Waals surface area contributed by atoms with Crippen molar-refractivity contribution in [3.63, 3.8) is 0 Å². The number of benzene rings is 3. The van der Waals surface area contributed by atoms with Crippen LogP contribution in [0.1, 0.15) is 174 Å². The average molecular weight is 844 g/mol. The van der Waals surface area contributed by atoms with Crippen molar-refractivity contribution in [2.45, 2.75) is 157 Å². The van der Waals surface area contributed by atoms with Crippen molar-refractivity contribution < 1.29 is 4.79 Å². The number of pyridine rings is 2. The van der Waals surface area contributed by atoms with Gasteiger partial charge < -0.3 is 4.98 Å². The lowest BCUT2D eigenvalue weighted by atomic mass is 9.78. The largest absolute Gasteiger partial charge is 0.336 e. The average Bonchev–Trinajstić information content (AvgIpc) is 3.65. The minimum Gasteiger partial charge on any atom is -0.336 e. The Hall–Kier alpha value is -5.67. The van der Waals surface area contributed by atoms with Crippen LogP contribution in [0, 0.1) is 11.3 Å². The van der Waals surface area contributed by atoms with E-state index in [4.69, 9.17) is 10.2 Å². The van der Waals surface area contributed by atoms with Gasteiger partial charge in [0.1, 0.15) is 23.7 Å². The zero-order valence-electron chi connectivity index (χ0n) is 41.6. The predicted octanol–water partition coefficient (Wildman–Crippen LogP) is 15.0. The number of rotatable bonds is 4. The van der Waals surface area contributed by atoms with Crippen LogP contribution in [-0.4, -0.2) is 26.2 Å². The smallest absolute Gasteiger partial charge is 0.157 e. The first-order valence-electron chi connectivity index (χ1n) is 22.2. The number of hydrogen-bond acceptors (Lipinski definition) is 5. The van der Waals surface area contributed by atoms with Gasteiger partial charge >= 0.3 is 0 Å². The molecule has 0 unspecified atom stereocenters. The number of H-pyrrole nitrogens is 1. The number of carbonyl (C=O) groups is 1. The van der Waals surface area contributed by atoms with E-state index in [0.717, 1.165) is 45.9 Å². The Kier molecular flexibility index (Phi) is 15.1. The van der Waals surface area contributed by atoms with E-state index >= 15 is 0 Å². The van der Waals surface area contributed by atoms with Crippen LogP contribution in [0.25, 0.3) is 34.0 Å². The van der Waals surface area contributed by atoms with E-state index in [1.54, 1.807) is 24.4 Å². The van der Waals surface area contributed by atoms with E-state index in [-0.39, 0.29) is 32.5 Å². The molecule has 3 heterocycles. The van der Waals surface area contributed by atoms with Gasteiger partial charge in [0.25, 0.3) is 0 Å². The molecule has 0 saturated heterocycles. The zero-order chi connectivity index (χ0) is 47.3. The Bertz CT molecular complexity index is 2320. The highest BCUT2D eigenvalue weighted by atomic mass is 16.1. The summed E-state index contributed by atoms with van der Waals surface area (Å²) < 4.78 is 0. The second-order valence-electron chi connectivity index (χ2n) is 22.9. The number of carbonyl (C=O) groups excluding carboxylic acids is 1. The summed E-state index contributed by atoms with van der Waals surface area (Å²) in [5.41, 5.74) is 14.4. The lowest BCUT2D eigenvalue weighted by molar-refractivity contribution is 0.112. The maximum Gasteiger partial charge on any atom is 0.157 e. The zero-order valence-corrected chi connectivity index (χ0v) is 41.6. The molecule has 0 aliphatic heterocycles. The molecule has 6 rings (SSSR count). The van der Waals surface area contributed by atoms with Crippen LogP contribution in [0.5, 0.6) is 0 Å². The summed E-state index contributed by atoms with van der Waals surface area (Å²) in [6.45, 7) is 40.4. The molecule has 0 aliphatic rings. The molecular formula is C57H73N5O. The van der Waals surface area contributed by atoms with Gasteiger partial charge in [0.15, 0.2) is 5.82 Å². The number of nitriles is 1. The molecule has 0 radical (unpaired) electrons. The van der Waals surface area contributed by atoms with Gasteiger partial charge in [-0.2, -0.15) is 5.26 Å². The molecule has 0 spiro atoms. The Labute approximate surface area is 380 Å². The number of aromatic nitrogens is 4. The Balaban J connectivity index is 0.000000295. The first-order chi connectivity index (χ1) is 28.9. The first-order valence-corrected chi connectivity index (χ1v) is 22.2. The molecule has 0 atom stereocenters. The normalized spacial score (nSPS) is 12.3. The van der Waals surface area contributed by atoms with E-state index in [1.165, 1.54) is 33.4 Å². The molecule has 0 bridgehead atoms. The molecule has 0 fully saturated rings. The van der Waals surface area contributed by atoms with Gasteiger partial charge in [-0.05, 0) is 127 Å². The maximum atomic E-state index is 11.0. The second-order valence-corrected chi connectivity index (χ2v) is 22.9. The van der Waals surface area contributed by atoms with Crippen LogP contribution in [-0.2, 0) is 32.5 Å². The van der Waals surface area contributed by atoms with E-state index < -0.39 is 0 Å². The van der Waals surface area contributed by atoms with Gasteiger partial charge in [0, 0.05) is 29.1 Å². The van der Waals surface area contributed by atoms with E-state index in [9.17, 15) is 4.79 Å². The van der Waals surface area contributed by atoms with Gasteiger partial charge in [-0.3, -0.25) is 9.78 Å². The maximum absolute atomic E-state index is 11.0. The summed E-state index contributed by atoms with van der Waals surface area (Å²) in [6, 6.07) is 33.4. The molecule has 332 valence electrons. The molecule has 0 aliphatic carbocycles. The van der Waals surface area contributed by atoms with Crippen molar-refractivity contribution in [2.75, 3.05) is 0 Å². The number of imidazole rings is 1. The van der Waals surface area contributed by atoms with E-state index in [1.807, 2.05) is 42.6 Å². The van der Waals surface area contributed by atoms with Gasteiger partial charge in [0.05, 0.1) is 11.4 Å². The van der Waals surface area contributed by atoms with Crippen molar-refractivity contribution in [2.24, 2.45) is 0 Å². The summed E-state index contributed by atoms with van der Waals surface area (Å²) in [4.78, 5) is 28.3. The topological polar surface area (TPSA) is 95.3 Å². The highest BCUT2D eigenvalue weighted by Crippen LogP contribution is 2.41. The third kappa shape index (κ3) is 13.7. The molecular weight excluding hydrogens is 771 g/mol. The Morgan fingerprint density at radius 2 is 0.873 bits per heavy atom. The van der Waals surface area contributed by atoms with Gasteiger partial charge in [-0.1, -0.05) is 155 Å². The van der Waals surface area contributed by atoms with Gasteiger partial charge in [-0.25, -0.2) is 9.97 Å². The van der Waals surface area contributed by atoms with Gasteiger partial charge in [0.2, 0.25) is 0 Å². The van der Waals surface area contributed by atoms with Crippen LogP contribution in [0.15, 0.2) is 103 Å². The third-order valence-electron chi connectivity index (χ3n) is 11.1. The van der Waals surface area contributed by atoms with Crippen molar-refractivity contribution in [1.82, 2.24) is 19.9 Å². The minimum absolute atomic E-state index is 0.0157. The number of aldehydes is 1. The third-order valence-corrected chi connectivity index (χ3v) is 11.1. The second kappa shape index (κ2) is 19.0. The minimum atomic E-state index is 0.0157. The molecule has 6 nitrogen and oxygen atoms in total. The predicted molar refractivity (Wildman–Crippen MR) is 266 cm³/mol. The number of nitrogens with zero attached hydrogens (tertiary/aromatic N) is 4.